The number of phenols is 1. The second-order valence-corrected chi connectivity index (χ2v) is 5.17. The fraction of sp³-hybridized carbons (Fsp3) is 0.500. The number of phenolic OH excluding ortho intramolecular Hbond substituents is 1. The van der Waals surface area contributed by atoms with Crippen LogP contribution in [-0.4, -0.2) is 23.1 Å². The van der Waals surface area contributed by atoms with Crippen LogP contribution in [0.2, 0.25) is 0 Å². The molecular weight excluding hydrogens is 228 g/mol. The molecule has 0 bridgehead atoms. The summed E-state index contributed by atoms with van der Waals surface area (Å²) < 4.78 is 0. The average molecular weight is 248 g/mol. The summed E-state index contributed by atoms with van der Waals surface area (Å²) in [6.07, 6.45) is 4.03. The highest BCUT2D eigenvalue weighted by Gasteiger charge is 2.34. The van der Waals surface area contributed by atoms with Crippen LogP contribution in [0.1, 0.15) is 41.6 Å². The maximum atomic E-state index is 12.2. The molecule has 1 amide bonds. The predicted molar refractivity (Wildman–Crippen MR) is 70.6 cm³/mol. The van der Waals surface area contributed by atoms with Gasteiger partial charge < -0.3 is 16.2 Å². The zero-order valence-corrected chi connectivity index (χ0v) is 10.7. The SMILES string of the molecule is Cc1ccc(O)c(C(=O)NC2(CN)CCCC2)c1. The number of amides is 1. The van der Waals surface area contributed by atoms with Gasteiger partial charge in [-0.3, -0.25) is 4.79 Å². The number of aryl methyl sites for hydroxylation is 1. The van der Waals surface area contributed by atoms with Crippen LogP contribution in [-0.2, 0) is 0 Å². The quantitative estimate of drug-likeness (QED) is 0.762. The Hall–Kier alpha value is -1.55. The van der Waals surface area contributed by atoms with Crippen molar-refractivity contribution in [3.05, 3.63) is 29.3 Å². The number of hydrogen-bond donors (Lipinski definition) is 3. The minimum Gasteiger partial charge on any atom is -0.507 e. The summed E-state index contributed by atoms with van der Waals surface area (Å²) in [5, 5.41) is 12.7. The molecule has 1 aliphatic carbocycles. The Bertz CT molecular complexity index is 451. The Morgan fingerprint density at radius 1 is 1.44 bits per heavy atom. The molecule has 1 aromatic rings. The van der Waals surface area contributed by atoms with Crippen LogP contribution in [0, 0.1) is 6.92 Å². The largest absolute Gasteiger partial charge is 0.507 e. The van der Waals surface area contributed by atoms with E-state index in [4.69, 9.17) is 5.73 Å². The first-order chi connectivity index (χ1) is 8.56. The topological polar surface area (TPSA) is 75.3 Å². The van der Waals surface area contributed by atoms with Crippen molar-refractivity contribution in [1.82, 2.24) is 5.32 Å². The summed E-state index contributed by atoms with van der Waals surface area (Å²) in [5.41, 5.74) is 6.78. The summed E-state index contributed by atoms with van der Waals surface area (Å²) in [7, 11) is 0. The second-order valence-electron chi connectivity index (χ2n) is 5.17. The minimum absolute atomic E-state index is 0.0169. The van der Waals surface area contributed by atoms with Gasteiger partial charge in [0.1, 0.15) is 5.75 Å². The molecule has 0 aliphatic heterocycles. The third-order valence-corrected chi connectivity index (χ3v) is 3.73. The van der Waals surface area contributed by atoms with E-state index in [1.165, 1.54) is 0 Å². The van der Waals surface area contributed by atoms with E-state index in [-0.39, 0.29) is 17.2 Å². The molecule has 0 saturated heterocycles. The number of nitrogens with two attached hydrogens (primary N) is 1. The lowest BCUT2D eigenvalue weighted by Gasteiger charge is -2.28. The highest BCUT2D eigenvalue weighted by molar-refractivity contribution is 5.97. The Morgan fingerprint density at radius 2 is 2.11 bits per heavy atom. The van der Waals surface area contributed by atoms with Gasteiger partial charge in [0.05, 0.1) is 11.1 Å². The molecule has 0 aromatic heterocycles. The average Bonchev–Trinajstić information content (AvgIpc) is 2.81. The lowest BCUT2D eigenvalue weighted by atomic mass is 9.97. The molecule has 98 valence electrons. The molecular formula is C14H20N2O2. The van der Waals surface area contributed by atoms with Crippen LogP contribution in [0.15, 0.2) is 18.2 Å². The van der Waals surface area contributed by atoms with Gasteiger partial charge in [-0.1, -0.05) is 24.5 Å². The van der Waals surface area contributed by atoms with E-state index in [1.807, 2.05) is 6.92 Å². The van der Waals surface area contributed by atoms with Crippen LogP contribution in [0.5, 0.6) is 5.75 Å². The molecule has 4 N–H and O–H groups in total. The normalized spacial score (nSPS) is 17.7. The van der Waals surface area contributed by atoms with Gasteiger partial charge in [-0.2, -0.15) is 0 Å². The summed E-state index contributed by atoms with van der Waals surface area (Å²) in [6.45, 7) is 2.34. The lowest BCUT2D eigenvalue weighted by Crippen LogP contribution is -2.51. The predicted octanol–water partition coefficient (Wildman–Crippen LogP) is 1.70. The van der Waals surface area contributed by atoms with Gasteiger partial charge in [0.15, 0.2) is 0 Å². The maximum absolute atomic E-state index is 12.2. The highest BCUT2D eigenvalue weighted by atomic mass is 16.3. The van der Waals surface area contributed by atoms with E-state index in [2.05, 4.69) is 5.32 Å². The number of carbonyl (C=O) groups excluding carboxylic acids is 1. The third-order valence-electron chi connectivity index (χ3n) is 3.73. The first kappa shape index (κ1) is 12.9. The van der Waals surface area contributed by atoms with E-state index in [1.54, 1.807) is 18.2 Å². The first-order valence-corrected chi connectivity index (χ1v) is 6.38. The molecule has 1 saturated carbocycles. The molecule has 1 aliphatic rings. The molecule has 4 nitrogen and oxygen atoms in total. The Balaban J connectivity index is 2.18. The second kappa shape index (κ2) is 4.98. The van der Waals surface area contributed by atoms with Crippen LogP contribution >= 0.6 is 0 Å². The van der Waals surface area contributed by atoms with E-state index in [9.17, 15) is 9.90 Å². The molecule has 1 aromatic carbocycles. The van der Waals surface area contributed by atoms with Crippen molar-refractivity contribution in [1.29, 1.82) is 0 Å². The Morgan fingerprint density at radius 3 is 2.72 bits per heavy atom. The molecule has 0 spiro atoms. The molecule has 0 heterocycles. The smallest absolute Gasteiger partial charge is 0.255 e. The number of benzene rings is 1. The summed E-state index contributed by atoms with van der Waals surface area (Å²) in [5.74, 6) is -0.216. The molecule has 0 unspecified atom stereocenters. The van der Waals surface area contributed by atoms with Gasteiger partial charge in [-0.15, -0.1) is 0 Å². The highest BCUT2D eigenvalue weighted by Crippen LogP contribution is 2.29. The van der Waals surface area contributed by atoms with Crippen molar-refractivity contribution in [3.63, 3.8) is 0 Å². The van der Waals surface area contributed by atoms with E-state index in [0.29, 0.717) is 12.1 Å². The van der Waals surface area contributed by atoms with Crippen molar-refractivity contribution in [2.45, 2.75) is 38.1 Å². The number of nitrogens with one attached hydrogen (secondary N) is 1. The molecule has 1 fully saturated rings. The van der Waals surface area contributed by atoms with E-state index >= 15 is 0 Å². The zero-order valence-electron chi connectivity index (χ0n) is 10.7. The van der Waals surface area contributed by atoms with Gasteiger partial charge in [0, 0.05) is 6.54 Å². The van der Waals surface area contributed by atoms with Crippen molar-refractivity contribution in [3.8, 4) is 5.75 Å². The zero-order chi connectivity index (χ0) is 13.2. The number of carbonyl (C=O) groups is 1. The number of rotatable bonds is 3. The van der Waals surface area contributed by atoms with Gasteiger partial charge in [0.2, 0.25) is 0 Å². The minimum atomic E-state index is -0.284. The Labute approximate surface area is 107 Å². The van der Waals surface area contributed by atoms with Crippen molar-refractivity contribution < 1.29 is 9.90 Å². The first-order valence-electron chi connectivity index (χ1n) is 6.38. The van der Waals surface area contributed by atoms with Gasteiger partial charge in [-0.25, -0.2) is 0 Å². The molecule has 4 heteroatoms. The van der Waals surface area contributed by atoms with Crippen LogP contribution in [0.25, 0.3) is 0 Å². The molecule has 0 atom stereocenters. The fourth-order valence-corrected chi connectivity index (χ4v) is 2.57. The monoisotopic (exact) mass is 248 g/mol. The van der Waals surface area contributed by atoms with E-state index in [0.717, 1.165) is 31.2 Å². The van der Waals surface area contributed by atoms with Crippen LogP contribution < -0.4 is 11.1 Å². The fourth-order valence-electron chi connectivity index (χ4n) is 2.57. The summed E-state index contributed by atoms with van der Waals surface area (Å²) in [4.78, 5) is 12.2. The molecule has 2 rings (SSSR count). The molecule has 18 heavy (non-hydrogen) atoms. The van der Waals surface area contributed by atoms with Crippen LogP contribution in [0.4, 0.5) is 0 Å². The van der Waals surface area contributed by atoms with Gasteiger partial charge in [0.25, 0.3) is 5.91 Å². The lowest BCUT2D eigenvalue weighted by molar-refractivity contribution is 0.0900. The van der Waals surface area contributed by atoms with Crippen LogP contribution in [0.3, 0.4) is 0 Å². The molecule has 0 radical (unpaired) electrons. The standard InChI is InChI=1S/C14H20N2O2/c1-10-4-5-12(17)11(8-10)13(18)16-14(9-15)6-2-3-7-14/h4-5,8,17H,2-3,6-7,9,15H2,1H3,(H,16,18). The number of aromatic hydroxyl groups is 1. The van der Waals surface area contributed by atoms with Crippen molar-refractivity contribution in [2.24, 2.45) is 5.73 Å². The Kier molecular flexibility index (Phi) is 3.57. The summed E-state index contributed by atoms with van der Waals surface area (Å²) >= 11 is 0. The van der Waals surface area contributed by atoms with Crippen molar-refractivity contribution in [2.75, 3.05) is 6.54 Å². The summed E-state index contributed by atoms with van der Waals surface area (Å²) in [6, 6.07) is 5.03. The van der Waals surface area contributed by atoms with Gasteiger partial charge in [-0.05, 0) is 31.9 Å². The van der Waals surface area contributed by atoms with E-state index < -0.39 is 0 Å². The number of hydrogen-bond acceptors (Lipinski definition) is 3. The maximum Gasteiger partial charge on any atom is 0.255 e. The van der Waals surface area contributed by atoms with Gasteiger partial charge >= 0.3 is 0 Å². The third kappa shape index (κ3) is 2.48. The van der Waals surface area contributed by atoms with Crippen molar-refractivity contribution >= 4 is 5.91 Å².